The minimum absolute atomic E-state index is 0.00841. The molecule has 1 amide bonds. The number of aromatic nitrogens is 2. The molecule has 2 aliphatic rings. The van der Waals surface area contributed by atoms with E-state index in [-0.39, 0.29) is 17.8 Å². The lowest BCUT2D eigenvalue weighted by Crippen LogP contribution is -2.50. The molecule has 3 heterocycles. The number of anilines is 1. The molecular formula is C31H45BrN8O. The Hall–Kier alpha value is -2.58. The topological polar surface area (TPSA) is 91.6 Å². The summed E-state index contributed by atoms with van der Waals surface area (Å²) >= 11 is 3.52. The summed E-state index contributed by atoms with van der Waals surface area (Å²) in [5.41, 5.74) is 4.89. The quantitative estimate of drug-likeness (QED) is 0.364. The Morgan fingerprint density at radius 1 is 1.12 bits per heavy atom. The molecule has 2 saturated heterocycles. The van der Waals surface area contributed by atoms with Gasteiger partial charge in [0, 0.05) is 51.0 Å². The van der Waals surface area contributed by atoms with Gasteiger partial charge >= 0.3 is 0 Å². The second kappa shape index (κ2) is 15.1. The minimum atomic E-state index is -0.203. The zero-order valence-corrected chi connectivity index (χ0v) is 26.6. The Bertz CT molecular complexity index is 1170. The van der Waals surface area contributed by atoms with Crippen LogP contribution < -0.4 is 10.4 Å². The lowest BCUT2D eigenvalue weighted by Gasteiger charge is -2.38. The van der Waals surface area contributed by atoms with E-state index in [1.54, 1.807) is 11.2 Å². The minimum Gasteiger partial charge on any atom is -0.306 e. The van der Waals surface area contributed by atoms with Gasteiger partial charge < -0.3 is 9.80 Å². The zero-order valence-electron chi connectivity index (χ0n) is 25.0. The van der Waals surface area contributed by atoms with Gasteiger partial charge in [-0.1, -0.05) is 32.9 Å². The molecule has 222 valence electrons. The van der Waals surface area contributed by atoms with Crippen molar-refractivity contribution in [2.45, 2.75) is 59.0 Å². The normalized spacial score (nSPS) is 18.3. The monoisotopic (exact) mass is 624 g/mol. The highest BCUT2D eigenvalue weighted by atomic mass is 79.9. The van der Waals surface area contributed by atoms with Crippen LogP contribution in [0.4, 0.5) is 5.82 Å². The first-order chi connectivity index (χ1) is 19.7. The van der Waals surface area contributed by atoms with Crippen molar-refractivity contribution in [3.63, 3.8) is 0 Å². The largest absolute Gasteiger partial charge is 0.306 e. The van der Waals surface area contributed by atoms with Crippen molar-refractivity contribution >= 4 is 27.7 Å². The molecule has 10 heteroatoms. The SMILES string of the molecule is CCC(CC(C)C)N(NC(=O)c1ccc(CN2CCN(CC3CCN(C)CC3)CC2)cc1)c1nc(C#N)ncc1Br. The number of benzene rings is 1. The molecular weight excluding hydrogens is 580 g/mol. The fourth-order valence-electron chi connectivity index (χ4n) is 5.83. The fourth-order valence-corrected chi connectivity index (χ4v) is 6.21. The Balaban J connectivity index is 1.35. The number of hydrazine groups is 1. The van der Waals surface area contributed by atoms with Crippen LogP contribution in [0.25, 0.3) is 0 Å². The molecule has 1 atom stereocenters. The van der Waals surface area contributed by atoms with Crippen molar-refractivity contribution in [2.24, 2.45) is 11.8 Å². The number of likely N-dealkylation sites (tertiary alicyclic amines) is 1. The van der Waals surface area contributed by atoms with Crippen molar-refractivity contribution in [1.82, 2.24) is 30.1 Å². The summed E-state index contributed by atoms with van der Waals surface area (Å²) in [6, 6.07) is 9.93. The number of carbonyl (C=O) groups is 1. The highest BCUT2D eigenvalue weighted by Crippen LogP contribution is 2.27. The van der Waals surface area contributed by atoms with Crippen LogP contribution in [0.2, 0.25) is 0 Å². The summed E-state index contributed by atoms with van der Waals surface area (Å²) in [7, 11) is 2.23. The Kier molecular flexibility index (Phi) is 11.5. The molecule has 2 aromatic rings. The zero-order chi connectivity index (χ0) is 29.4. The number of halogens is 1. The van der Waals surface area contributed by atoms with Crippen LogP contribution in [0.3, 0.4) is 0 Å². The summed E-state index contributed by atoms with van der Waals surface area (Å²) in [6.07, 6.45) is 5.87. The Morgan fingerprint density at radius 2 is 1.78 bits per heavy atom. The number of carbonyl (C=O) groups excluding carboxylic acids is 1. The Labute approximate surface area is 254 Å². The average Bonchev–Trinajstić information content (AvgIpc) is 2.97. The lowest BCUT2D eigenvalue weighted by atomic mass is 9.96. The van der Waals surface area contributed by atoms with Gasteiger partial charge in [-0.25, -0.2) is 4.98 Å². The third-order valence-electron chi connectivity index (χ3n) is 8.30. The maximum atomic E-state index is 13.4. The molecule has 1 unspecified atom stereocenters. The van der Waals surface area contributed by atoms with Crippen LogP contribution in [0, 0.1) is 23.2 Å². The van der Waals surface area contributed by atoms with Gasteiger partial charge in [-0.05, 0) is 91.3 Å². The van der Waals surface area contributed by atoms with Crippen molar-refractivity contribution < 1.29 is 4.79 Å². The molecule has 2 aliphatic heterocycles. The molecule has 1 N–H and O–H groups in total. The highest BCUT2D eigenvalue weighted by molar-refractivity contribution is 9.10. The van der Waals surface area contributed by atoms with E-state index < -0.39 is 0 Å². The molecule has 0 radical (unpaired) electrons. The number of nitrogens with zero attached hydrogens (tertiary/aromatic N) is 7. The Morgan fingerprint density at radius 3 is 2.39 bits per heavy atom. The number of piperazine rings is 1. The van der Waals surface area contributed by atoms with Gasteiger partial charge in [0.2, 0.25) is 5.82 Å². The van der Waals surface area contributed by atoms with Gasteiger partial charge in [0.15, 0.2) is 5.82 Å². The number of nitrogens with one attached hydrogen (secondary N) is 1. The molecule has 4 rings (SSSR count). The first kappa shape index (κ1) is 31.4. The smallest absolute Gasteiger partial charge is 0.269 e. The van der Waals surface area contributed by atoms with E-state index in [9.17, 15) is 10.1 Å². The van der Waals surface area contributed by atoms with Crippen LogP contribution in [-0.2, 0) is 6.54 Å². The van der Waals surface area contributed by atoms with Crippen LogP contribution in [-0.4, -0.2) is 89.5 Å². The fraction of sp³-hybridized carbons (Fsp3) is 0.613. The van der Waals surface area contributed by atoms with Gasteiger partial charge in [-0.15, -0.1) is 0 Å². The predicted octanol–water partition coefficient (Wildman–Crippen LogP) is 4.55. The molecule has 0 spiro atoms. The van der Waals surface area contributed by atoms with Crippen molar-refractivity contribution in [2.75, 3.05) is 57.9 Å². The standard InChI is InChI=1S/C31H45BrN8O/c1-5-27(18-23(2)3)40(30-28(32)20-34-29(19-33)35-30)36-31(41)26-8-6-24(7-9-26)21-38-14-16-39(17-15-38)22-25-10-12-37(4)13-11-25/h6-9,20,23,25,27H,5,10-18,21-22H2,1-4H3,(H,36,41). The second-order valence-electron chi connectivity index (χ2n) is 12.0. The van der Waals surface area contributed by atoms with Crippen LogP contribution in [0.5, 0.6) is 0 Å². The molecule has 41 heavy (non-hydrogen) atoms. The van der Waals surface area contributed by atoms with Crippen molar-refractivity contribution in [3.05, 3.63) is 51.9 Å². The lowest BCUT2D eigenvalue weighted by molar-refractivity contribution is 0.0941. The molecule has 1 aromatic carbocycles. The number of hydrogen-bond donors (Lipinski definition) is 1. The highest BCUT2D eigenvalue weighted by Gasteiger charge is 2.26. The van der Waals surface area contributed by atoms with E-state index in [0.717, 1.165) is 51.5 Å². The van der Waals surface area contributed by atoms with Crippen molar-refractivity contribution in [1.29, 1.82) is 5.26 Å². The van der Waals surface area contributed by atoms with E-state index in [0.29, 0.717) is 21.8 Å². The van der Waals surface area contributed by atoms with E-state index in [2.05, 4.69) is 86.0 Å². The van der Waals surface area contributed by atoms with Gasteiger partial charge in [-0.2, -0.15) is 10.2 Å². The molecule has 9 nitrogen and oxygen atoms in total. The number of piperidine rings is 1. The first-order valence-electron chi connectivity index (χ1n) is 15.0. The van der Waals surface area contributed by atoms with Crippen LogP contribution >= 0.6 is 15.9 Å². The molecule has 0 bridgehead atoms. The van der Waals surface area contributed by atoms with Crippen LogP contribution in [0.15, 0.2) is 34.9 Å². The van der Waals surface area contributed by atoms with Gasteiger partial charge in [0.05, 0.1) is 10.5 Å². The summed E-state index contributed by atoms with van der Waals surface area (Å²) in [5.74, 6) is 1.61. The molecule has 1 aromatic heterocycles. The van der Waals surface area contributed by atoms with Gasteiger partial charge in [0.1, 0.15) is 6.07 Å². The average molecular weight is 626 g/mol. The van der Waals surface area contributed by atoms with Gasteiger partial charge in [0.25, 0.3) is 5.91 Å². The maximum absolute atomic E-state index is 13.4. The maximum Gasteiger partial charge on any atom is 0.269 e. The van der Waals surface area contributed by atoms with E-state index >= 15 is 0 Å². The third-order valence-corrected chi connectivity index (χ3v) is 8.86. The van der Waals surface area contributed by atoms with E-state index in [1.807, 2.05) is 18.2 Å². The summed E-state index contributed by atoms with van der Waals surface area (Å²) in [4.78, 5) is 29.5. The van der Waals surface area contributed by atoms with E-state index in [4.69, 9.17) is 0 Å². The first-order valence-corrected chi connectivity index (χ1v) is 15.8. The number of hydrogen-bond acceptors (Lipinski definition) is 8. The number of rotatable bonds is 11. The molecule has 2 fully saturated rings. The molecule has 0 saturated carbocycles. The summed E-state index contributed by atoms with van der Waals surface area (Å²) < 4.78 is 0.626. The van der Waals surface area contributed by atoms with Crippen LogP contribution in [0.1, 0.15) is 68.2 Å². The van der Waals surface area contributed by atoms with E-state index in [1.165, 1.54) is 38.0 Å². The predicted molar refractivity (Wildman–Crippen MR) is 166 cm³/mol. The summed E-state index contributed by atoms with van der Waals surface area (Å²) in [6.45, 7) is 15.4. The van der Waals surface area contributed by atoms with Gasteiger partial charge in [-0.3, -0.25) is 20.1 Å². The second-order valence-corrected chi connectivity index (χ2v) is 12.9. The summed E-state index contributed by atoms with van der Waals surface area (Å²) in [5, 5.41) is 11.2. The third kappa shape index (κ3) is 8.95. The van der Waals surface area contributed by atoms with Crippen molar-refractivity contribution in [3.8, 4) is 6.07 Å². The molecule has 0 aliphatic carbocycles. The number of amides is 1. The number of nitriles is 1.